The Labute approximate surface area is 388 Å². The second-order valence-corrected chi connectivity index (χ2v) is 18.2. The molecule has 10 N–H and O–H groups in total. The Morgan fingerprint density at radius 3 is 0.897 bits per heavy atom. The zero-order valence-electron chi connectivity index (χ0n) is 35.8. The molecule has 12 heteroatoms. The third-order valence-corrected chi connectivity index (χ3v) is 14.5. The number of phenols is 10. The summed E-state index contributed by atoms with van der Waals surface area (Å²) in [5.74, 6) is -5.69. The fourth-order valence-electron chi connectivity index (χ4n) is 12.0. The van der Waals surface area contributed by atoms with Gasteiger partial charge in [-0.2, -0.15) is 0 Å². The molecule has 0 spiro atoms. The van der Waals surface area contributed by atoms with Crippen molar-refractivity contribution in [3.8, 4) is 69.0 Å². The van der Waals surface area contributed by atoms with Gasteiger partial charge in [-0.15, -0.1) is 0 Å². The molecule has 8 aromatic carbocycles. The second kappa shape index (κ2) is 14.9. The summed E-state index contributed by atoms with van der Waals surface area (Å²) in [6.07, 6.45) is -1.62. The van der Waals surface area contributed by atoms with E-state index in [1.54, 1.807) is 121 Å². The molecule has 0 aromatic heterocycles. The van der Waals surface area contributed by atoms with E-state index in [9.17, 15) is 51.1 Å². The fraction of sp³-hybridized carbons (Fsp3) is 0.143. The third kappa shape index (κ3) is 6.20. The van der Waals surface area contributed by atoms with Crippen LogP contribution < -0.4 is 9.47 Å². The van der Waals surface area contributed by atoms with Gasteiger partial charge >= 0.3 is 0 Å². The van der Waals surface area contributed by atoms with Crippen molar-refractivity contribution in [2.45, 2.75) is 47.7 Å². The Morgan fingerprint density at radius 1 is 0.265 bits per heavy atom. The number of aromatic hydroxyl groups is 10. The maximum Gasteiger partial charge on any atom is 0.135 e. The minimum Gasteiger partial charge on any atom is -0.508 e. The summed E-state index contributed by atoms with van der Waals surface area (Å²) in [4.78, 5) is 0. The van der Waals surface area contributed by atoms with Crippen LogP contribution in [0.4, 0.5) is 0 Å². The minimum absolute atomic E-state index is 0.0182. The van der Waals surface area contributed by atoms with Gasteiger partial charge in [0.05, 0.1) is 11.8 Å². The zero-order valence-corrected chi connectivity index (χ0v) is 35.8. The van der Waals surface area contributed by atoms with Gasteiger partial charge in [-0.1, -0.05) is 48.5 Å². The van der Waals surface area contributed by atoms with Crippen LogP contribution in [0.2, 0.25) is 0 Å². The lowest BCUT2D eigenvalue weighted by Crippen LogP contribution is -2.26. The molecular formula is C56H42O12. The SMILES string of the molecule is Oc1ccc([C@H]2c3c(O)cc(O)cc3[C@H]3c4c(cc(O)cc4[C@H]2[C@H]2c4cc(O)cc5c4[C@H](c4cc(O)cc(O)c4[C@@H]2c2ccc(O)cc2)[C@@H](c2ccc(O)cc2)O5)O[C@@H]3c2ccc(O)cc2)cc1. The Hall–Kier alpha value is -8.64. The number of rotatable bonds is 5. The molecule has 0 radical (unpaired) electrons. The van der Waals surface area contributed by atoms with Gasteiger partial charge < -0.3 is 60.5 Å². The van der Waals surface area contributed by atoms with Crippen molar-refractivity contribution in [2.24, 2.45) is 0 Å². The molecule has 2 heterocycles. The first-order valence-corrected chi connectivity index (χ1v) is 22.2. The summed E-state index contributed by atoms with van der Waals surface area (Å²) < 4.78 is 13.7. The molecule has 2 aliphatic heterocycles. The molecule has 2 aliphatic carbocycles. The van der Waals surface area contributed by atoms with Crippen molar-refractivity contribution in [1.82, 2.24) is 0 Å². The van der Waals surface area contributed by atoms with E-state index in [-0.39, 0.29) is 57.5 Å². The first-order valence-electron chi connectivity index (χ1n) is 22.2. The lowest BCUT2D eigenvalue weighted by molar-refractivity contribution is 0.221. The van der Waals surface area contributed by atoms with E-state index in [1.165, 1.54) is 24.3 Å². The predicted octanol–water partition coefficient (Wildman–Crippen LogP) is 10.4. The highest BCUT2D eigenvalue weighted by Gasteiger charge is 2.55. The molecule has 12 nitrogen and oxygen atoms in total. The van der Waals surface area contributed by atoms with Crippen LogP contribution in [-0.2, 0) is 0 Å². The van der Waals surface area contributed by atoms with Gasteiger partial charge in [0.2, 0.25) is 0 Å². The number of hydrogen-bond donors (Lipinski definition) is 10. The third-order valence-electron chi connectivity index (χ3n) is 14.5. The largest absolute Gasteiger partial charge is 0.508 e. The van der Waals surface area contributed by atoms with Crippen molar-refractivity contribution < 1.29 is 60.5 Å². The Balaban J connectivity index is 1.25. The minimum atomic E-state index is -0.918. The van der Waals surface area contributed by atoms with Gasteiger partial charge in [0.25, 0.3) is 0 Å². The maximum atomic E-state index is 12.5. The van der Waals surface area contributed by atoms with E-state index in [0.29, 0.717) is 78.3 Å². The molecular weight excluding hydrogens is 865 g/mol. The molecule has 68 heavy (non-hydrogen) atoms. The lowest BCUT2D eigenvalue weighted by atomic mass is 9.62. The monoisotopic (exact) mass is 906 g/mol. The number of hydrogen-bond acceptors (Lipinski definition) is 12. The van der Waals surface area contributed by atoms with Crippen molar-refractivity contribution >= 4 is 0 Å². The molecule has 0 unspecified atom stereocenters. The summed E-state index contributed by atoms with van der Waals surface area (Å²) in [6, 6.07) is 38.4. The van der Waals surface area contributed by atoms with Crippen molar-refractivity contribution in [3.05, 3.63) is 212 Å². The Morgan fingerprint density at radius 2 is 0.559 bits per heavy atom. The van der Waals surface area contributed by atoms with E-state index >= 15 is 0 Å². The summed E-state index contributed by atoms with van der Waals surface area (Å²) in [5.41, 5.74) is 6.75. The molecule has 8 aromatic rings. The number of benzene rings is 8. The van der Waals surface area contributed by atoms with Gasteiger partial charge in [0, 0.05) is 70.2 Å². The van der Waals surface area contributed by atoms with Crippen molar-refractivity contribution in [3.63, 3.8) is 0 Å². The van der Waals surface area contributed by atoms with E-state index in [4.69, 9.17) is 9.47 Å². The van der Waals surface area contributed by atoms with Crippen LogP contribution >= 0.6 is 0 Å². The lowest BCUT2D eigenvalue weighted by Gasteiger charge is -2.40. The number of ether oxygens (including phenoxy) is 2. The van der Waals surface area contributed by atoms with Crippen LogP contribution in [-0.4, -0.2) is 51.1 Å². The molecule has 0 bridgehead atoms. The molecule has 0 amide bonds. The van der Waals surface area contributed by atoms with E-state index in [2.05, 4.69) is 0 Å². The summed E-state index contributed by atoms with van der Waals surface area (Å²) >= 11 is 0. The average Bonchev–Trinajstić information content (AvgIpc) is 3.81. The quantitative estimate of drug-likeness (QED) is 0.0780. The highest BCUT2D eigenvalue weighted by atomic mass is 16.5. The number of fused-ring (bicyclic) bond motifs is 4. The topological polar surface area (TPSA) is 221 Å². The van der Waals surface area contributed by atoms with Gasteiger partial charge in [0.1, 0.15) is 81.2 Å². The Kier molecular flexibility index (Phi) is 8.97. The summed E-state index contributed by atoms with van der Waals surface area (Å²) in [7, 11) is 0. The van der Waals surface area contributed by atoms with Crippen LogP contribution in [0.15, 0.2) is 146 Å². The molecule has 0 saturated heterocycles. The molecule has 338 valence electrons. The number of phenolic OH excluding ortho intramolecular Hbond substituents is 10. The van der Waals surface area contributed by atoms with E-state index in [0.717, 1.165) is 0 Å². The van der Waals surface area contributed by atoms with Crippen molar-refractivity contribution in [2.75, 3.05) is 0 Å². The molecule has 4 aliphatic rings. The second-order valence-electron chi connectivity index (χ2n) is 18.2. The average molecular weight is 907 g/mol. The Bertz CT molecular complexity index is 3110. The van der Waals surface area contributed by atoms with Crippen molar-refractivity contribution in [1.29, 1.82) is 0 Å². The normalized spacial score (nSPS) is 22.6. The first-order chi connectivity index (χ1) is 32.8. The summed E-state index contributed by atoms with van der Waals surface area (Å²) in [5, 5.41) is 114. The molecule has 0 saturated carbocycles. The molecule has 0 fully saturated rings. The standard InChI is InChI=1S/C56H42O12/c57-29-9-1-25(2-10-29)45-47-37(17-33(61)21-41(47)65)53-49-39(19-35(63)23-43(49)67-55(53)27-5-13-31(59)14-6-27)51(45)52-40-20-36(64)24-44-50(40)54(56(68-44)28-7-15-32(60)16-8-28)38-18-34(62)22-42(66)48(38)46(52)26-3-11-30(58)12-4-26/h1-24,45-46,51-66H/t45-,46-,51-,52+,53-,54-,55+,56+/m0/s1. The highest BCUT2D eigenvalue weighted by molar-refractivity contribution is 5.71. The predicted molar refractivity (Wildman–Crippen MR) is 248 cm³/mol. The van der Waals surface area contributed by atoms with Crippen LogP contribution in [0.1, 0.15) is 114 Å². The van der Waals surface area contributed by atoms with Crippen LogP contribution in [0.3, 0.4) is 0 Å². The highest BCUT2D eigenvalue weighted by Crippen LogP contribution is 2.69. The molecule has 12 rings (SSSR count). The van der Waals surface area contributed by atoms with E-state index in [1.807, 2.05) is 0 Å². The van der Waals surface area contributed by atoms with Crippen LogP contribution in [0, 0.1) is 0 Å². The van der Waals surface area contributed by atoms with Gasteiger partial charge in [-0.05, 0) is 117 Å². The van der Waals surface area contributed by atoms with Crippen LogP contribution in [0.5, 0.6) is 69.0 Å². The zero-order chi connectivity index (χ0) is 46.9. The maximum absolute atomic E-state index is 12.5. The molecule has 8 atom stereocenters. The van der Waals surface area contributed by atoms with E-state index < -0.39 is 47.7 Å². The van der Waals surface area contributed by atoms with Gasteiger partial charge in [-0.3, -0.25) is 0 Å². The van der Waals surface area contributed by atoms with Crippen LogP contribution in [0.25, 0.3) is 0 Å². The van der Waals surface area contributed by atoms with Gasteiger partial charge in [0.15, 0.2) is 0 Å². The van der Waals surface area contributed by atoms with Gasteiger partial charge in [-0.25, -0.2) is 0 Å². The summed E-state index contributed by atoms with van der Waals surface area (Å²) in [6.45, 7) is 0. The first kappa shape index (κ1) is 40.8. The smallest absolute Gasteiger partial charge is 0.135 e. The fourth-order valence-corrected chi connectivity index (χ4v) is 12.0.